The highest BCUT2D eigenvalue weighted by Gasteiger charge is 2.48. The van der Waals surface area contributed by atoms with E-state index in [9.17, 15) is 33.1 Å². The maximum absolute atomic E-state index is 12.8. The molecule has 0 aromatic rings. The number of esters is 1. The largest absolute Gasteiger partial charge is 0.457 e. The smallest absolute Gasteiger partial charge is 0.397 e. The second kappa shape index (κ2) is 43.3. The molecule has 1 aliphatic heterocycles. The first-order valence-electron chi connectivity index (χ1n) is 25.0. The lowest BCUT2D eigenvalue weighted by molar-refractivity contribution is -0.301. The lowest BCUT2D eigenvalue weighted by Gasteiger charge is -2.41. The number of rotatable bonds is 42. The summed E-state index contributed by atoms with van der Waals surface area (Å²) >= 11 is 0. The molecule has 12 nitrogen and oxygen atoms in total. The lowest BCUT2D eigenvalue weighted by Crippen LogP contribution is -2.60. The zero-order valence-electron chi connectivity index (χ0n) is 40.5. The summed E-state index contributed by atoms with van der Waals surface area (Å²) in [5, 5.41) is 30.7. The molecule has 4 N–H and O–H groups in total. The second-order valence-electron chi connectivity index (χ2n) is 16.6. The molecule has 0 bridgehead atoms. The van der Waals surface area contributed by atoms with Crippen LogP contribution in [0.3, 0.4) is 0 Å². The van der Waals surface area contributed by atoms with Crippen molar-refractivity contribution in [1.29, 1.82) is 0 Å². The predicted octanol–water partition coefficient (Wildman–Crippen LogP) is 11.4. The molecule has 0 saturated carbocycles. The Kier molecular flexibility index (Phi) is 40.1. The van der Waals surface area contributed by atoms with Crippen LogP contribution in [0.1, 0.15) is 168 Å². The monoisotopic (exact) mass is 949 g/mol. The van der Waals surface area contributed by atoms with Gasteiger partial charge in [0, 0.05) is 13.0 Å². The van der Waals surface area contributed by atoms with E-state index in [2.05, 4.69) is 103 Å². The Morgan fingerprint density at radius 2 is 1.00 bits per heavy atom. The topological polar surface area (TPSA) is 178 Å². The van der Waals surface area contributed by atoms with Crippen molar-refractivity contribution in [2.75, 3.05) is 26.4 Å². The Labute approximate surface area is 399 Å². The van der Waals surface area contributed by atoms with Crippen molar-refractivity contribution in [3.05, 3.63) is 97.2 Å². The van der Waals surface area contributed by atoms with E-state index in [0.717, 1.165) is 70.6 Å². The molecule has 0 amide bonds. The number of aliphatic hydroxyl groups is 3. The SMILES string of the molecule is CC/C=C\C/C=C\C/C=C\C/C=C\CCCCCCCCCCCCCCCOCC(COC1OC(CO)C(O)C(OS(=O)(=O)O)C1O)OC(=O)CC/C=C\C/C=C\C/C=C\C/C=C\CC. The highest BCUT2D eigenvalue weighted by molar-refractivity contribution is 7.80. The fourth-order valence-corrected chi connectivity index (χ4v) is 7.54. The normalized spacial score (nSPS) is 20.4. The fraction of sp³-hybridized carbons (Fsp3) is 0.679. The average Bonchev–Trinajstić information content (AvgIpc) is 3.29. The summed E-state index contributed by atoms with van der Waals surface area (Å²) in [4.78, 5) is 12.8. The van der Waals surface area contributed by atoms with Gasteiger partial charge < -0.3 is 34.3 Å². The van der Waals surface area contributed by atoms with Gasteiger partial charge in [0.15, 0.2) is 6.29 Å². The molecule has 66 heavy (non-hydrogen) atoms. The van der Waals surface area contributed by atoms with Crippen LogP contribution in [0.15, 0.2) is 97.2 Å². The highest BCUT2D eigenvalue weighted by atomic mass is 32.3. The summed E-state index contributed by atoms with van der Waals surface area (Å²) in [6, 6.07) is 0. The first kappa shape index (κ1) is 61.0. The molecule has 1 saturated heterocycles. The Bertz CT molecular complexity index is 1520. The Balaban J connectivity index is 2.34. The number of carbonyl (C=O) groups is 1. The lowest BCUT2D eigenvalue weighted by atomic mass is 9.99. The standard InChI is InChI=1S/C53H88O12S/c1-3-5-7-9-11-13-15-17-18-19-20-21-22-23-24-25-26-27-28-29-31-33-35-37-39-41-43-61-45-47(46-62-53-51(57)52(65-66(58,59)60)50(56)48(44-54)64-53)63-49(55)42-40-38-36-34-32-30-16-14-12-10-8-6-4-2/h5-8,11-14,17-18,20-21,30,32,36,38,47-48,50-54,56-57H,3-4,9-10,15-16,19,22-29,31,33-35,37,39-46H2,1-2H3,(H,58,59,60)/b7-5-,8-6-,13-11-,14-12-,18-17-,21-20-,32-30-,38-36-. The van der Waals surface area contributed by atoms with E-state index in [-0.39, 0.29) is 19.6 Å². The summed E-state index contributed by atoms with van der Waals surface area (Å²) in [5.41, 5.74) is 0. The molecule has 0 radical (unpaired) electrons. The van der Waals surface area contributed by atoms with Crippen molar-refractivity contribution in [1.82, 2.24) is 0 Å². The molecule has 1 fully saturated rings. The van der Waals surface area contributed by atoms with E-state index in [0.29, 0.717) is 13.0 Å². The van der Waals surface area contributed by atoms with E-state index in [1.165, 1.54) is 70.6 Å². The maximum Gasteiger partial charge on any atom is 0.397 e. The van der Waals surface area contributed by atoms with Crippen LogP contribution in [-0.2, 0) is 38.3 Å². The maximum atomic E-state index is 12.8. The molecule has 13 heteroatoms. The molecular weight excluding hydrogens is 861 g/mol. The molecule has 0 aromatic heterocycles. The summed E-state index contributed by atoms with van der Waals surface area (Å²) in [6.45, 7) is 3.65. The number of hydrogen-bond acceptors (Lipinski definition) is 11. The van der Waals surface area contributed by atoms with E-state index >= 15 is 0 Å². The van der Waals surface area contributed by atoms with Crippen molar-refractivity contribution >= 4 is 16.4 Å². The van der Waals surface area contributed by atoms with Crippen molar-refractivity contribution < 1.29 is 56.2 Å². The van der Waals surface area contributed by atoms with Crippen LogP contribution >= 0.6 is 0 Å². The number of unbranched alkanes of at least 4 members (excludes halogenated alkanes) is 13. The van der Waals surface area contributed by atoms with Crippen LogP contribution in [0.4, 0.5) is 0 Å². The van der Waals surface area contributed by atoms with E-state index in [1.807, 2.05) is 12.2 Å². The molecule has 6 atom stereocenters. The zero-order valence-corrected chi connectivity index (χ0v) is 41.3. The Hall–Kier alpha value is -2.98. The summed E-state index contributed by atoms with van der Waals surface area (Å²) in [6.07, 6.45) is 50.4. The number of hydrogen-bond donors (Lipinski definition) is 4. The van der Waals surface area contributed by atoms with Crippen molar-refractivity contribution in [3.63, 3.8) is 0 Å². The van der Waals surface area contributed by atoms with Gasteiger partial charge in [-0.15, -0.1) is 0 Å². The molecule has 1 aliphatic rings. The van der Waals surface area contributed by atoms with Crippen LogP contribution in [0.5, 0.6) is 0 Å². The van der Waals surface area contributed by atoms with Gasteiger partial charge in [0.1, 0.15) is 30.5 Å². The third kappa shape index (κ3) is 36.1. The van der Waals surface area contributed by atoms with Crippen LogP contribution < -0.4 is 0 Å². The minimum atomic E-state index is -5.08. The van der Waals surface area contributed by atoms with Crippen molar-refractivity contribution in [3.8, 4) is 0 Å². The minimum absolute atomic E-state index is 0.000810. The second-order valence-corrected chi connectivity index (χ2v) is 17.7. The van der Waals surface area contributed by atoms with Crippen LogP contribution in [-0.4, -0.2) is 97.5 Å². The predicted molar refractivity (Wildman–Crippen MR) is 266 cm³/mol. The quantitative estimate of drug-likeness (QED) is 0.0197. The number of carbonyl (C=O) groups excluding carboxylic acids is 1. The van der Waals surface area contributed by atoms with Gasteiger partial charge in [-0.05, 0) is 77.0 Å². The summed E-state index contributed by atoms with van der Waals surface area (Å²) in [5.74, 6) is -0.482. The Morgan fingerprint density at radius 3 is 1.45 bits per heavy atom. The van der Waals surface area contributed by atoms with Gasteiger partial charge in [-0.3, -0.25) is 9.35 Å². The number of aliphatic hydroxyl groups excluding tert-OH is 3. The summed E-state index contributed by atoms with van der Waals surface area (Å²) < 4.78 is 59.1. The van der Waals surface area contributed by atoms with Gasteiger partial charge in [0.2, 0.25) is 0 Å². The third-order valence-electron chi connectivity index (χ3n) is 10.7. The third-order valence-corrected chi connectivity index (χ3v) is 11.2. The van der Waals surface area contributed by atoms with E-state index in [4.69, 9.17) is 18.9 Å². The van der Waals surface area contributed by atoms with Crippen molar-refractivity contribution in [2.24, 2.45) is 0 Å². The molecule has 0 aliphatic carbocycles. The molecule has 0 aromatic carbocycles. The van der Waals surface area contributed by atoms with Gasteiger partial charge >= 0.3 is 16.4 Å². The highest BCUT2D eigenvalue weighted by Crippen LogP contribution is 2.26. The zero-order chi connectivity index (χ0) is 48.2. The van der Waals surface area contributed by atoms with Gasteiger partial charge in [-0.25, -0.2) is 4.18 Å². The van der Waals surface area contributed by atoms with Crippen molar-refractivity contribution in [2.45, 2.75) is 205 Å². The first-order valence-corrected chi connectivity index (χ1v) is 26.4. The molecule has 1 heterocycles. The number of ether oxygens (including phenoxy) is 4. The Morgan fingerprint density at radius 1 is 0.576 bits per heavy atom. The molecule has 0 spiro atoms. The van der Waals surface area contributed by atoms with E-state index < -0.39 is 59.8 Å². The summed E-state index contributed by atoms with van der Waals surface area (Å²) in [7, 11) is -5.08. The minimum Gasteiger partial charge on any atom is -0.457 e. The number of allylic oxidation sites excluding steroid dienone is 16. The molecular formula is C53H88O12S. The average molecular weight is 949 g/mol. The fourth-order valence-electron chi connectivity index (χ4n) is 7.03. The van der Waals surface area contributed by atoms with Crippen LogP contribution in [0.2, 0.25) is 0 Å². The molecule has 378 valence electrons. The van der Waals surface area contributed by atoms with Gasteiger partial charge in [-0.1, -0.05) is 182 Å². The van der Waals surface area contributed by atoms with Crippen LogP contribution in [0, 0.1) is 0 Å². The molecule has 1 rings (SSSR count). The van der Waals surface area contributed by atoms with E-state index in [1.54, 1.807) is 0 Å². The van der Waals surface area contributed by atoms with Gasteiger partial charge in [-0.2, -0.15) is 8.42 Å². The van der Waals surface area contributed by atoms with Gasteiger partial charge in [0.25, 0.3) is 0 Å². The van der Waals surface area contributed by atoms with Crippen LogP contribution in [0.25, 0.3) is 0 Å². The van der Waals surface area contributed by atoms with Gasteiger partial charge in [0.05, 0.1) is 19.8 Å². The first-order chi connectivity index (χ1) is 32.1. The molecule has 6 unspecified atom stereocenters.